The average Bonchev–Trinajstić information content (AvgIpc) is 3.57. The summed E-state index contributed by atoms with van der Waals surface area (Å²) in [6, 6.07) is 37.2. The van der Waals surface area contributed by atoms with E-state index in [2.05, 4.69) is 97.1 Å². The molecule has 8 rings (SSSR count). The number of hydrogen-bond acceptors (Lipinski definition) is 3. The van der Waals surface area contributed by atoms with Crippen LogP contribution in [-0.4, -0.2) is 14.5 Å². The first kappa shape index (κ1) is 27.8. The molecule has 0 amide bonds. The zero-order valence-corrected chi connectivity index (χ0v) is 26.1. The molecule has 3 aromatic heterocycles. The van der Waals surface area contributed by atoms with Crippen LogP contribution in [0.15, 0.2) is 107 Å². The summed E-state index contributed by atoms with van der Waals surface area (Å²) in [7, 11) is 0. The summed E-state index contributed by atoms with van der Waals surface area (Å²) < 4.78 is 8.36. The second-order valence-electron chi connectivity index (χ2n) is 10.8. The van der Waals surface area contributed by atoms with Gasteiger partial charge in [-0.2, -0.15) is 0 Å². The standard InChI is InChI=1S/C20H16NO.C17H13N2.Ir/c1-13(2)14-10-11-21-18(12-14)17-8-5-7-16-15-6-3-4-9-19(15)22-20(16)17;1-12-10-14-8-5-9-15-16(14)19(11-12)17(18-15)13-6-3-2-4-7-13;/h3-7,9-13H,1-2H3;2-6,8-10H,11H2,1H3;/q2*-1;. The number of aromatic nitrogens is 3. The van der Waals surface area contributed by atoms with Crippen molar-refractivity contribution in [3.63, 3.8) is 0 Å². The molecule has 0 saturated heterocycles. The van der Waals surface area contributed by atoms with Crippen molar-refractivity contribution < 1.29 is 24.5 Å². The molecule has 4 heterocycles. The van der Waals surface area contributed by atoms with E-state index in [1.165, 1.54) is 22.2 Å². The van der Waals surface area contributed by atoms with Crippen molar-refractivity contribution in [2.45, 2.75) is 33.2 Å². The quantitative estimate of drug-likeness (QED) is 0.171. The van der Waals surface area contributed by atoms with Gasteiger partial charge in [0.15, 0.2) is 0 Å². The van der Waals surface area contributed by atoms with E-state index in [1.54, 1.807) is 0 Å². The van der Waals surface area contributed by atoms with Crippen LogP contribution in [0.25, 0.3) is 61.7 Å². The van der Waals surface area contributed by atoms with Crippen LogP contribution in [-0.2, 0) is 26.7 Å². The fourth-order valence-corrected chi connectivity index (χ4v) is 5.61. The van der Waals surface area contributed by atoms with Crippen LogP contribution >= 0.6 is 0 Å². The maximum Gasteiger partial charge on any atom is 0.120 e. The van der Waals surface area contributed by atoms with Gasteiger partial charge < -0.3 is 14.0 Å². The molecular weight excluding hydrogens is 695 g/mol. The van der Waals surface area contributed by atoms with Gasteiger partial charge in [-0.3, -0.25) is 4.98 Å². The topological polar surface area (TPSA) is 43.9 Å². The third kappa shape index (κ3) is 5.00. The summed E-state index contributed by atoms with van der Waals surface area (Å²) in [5.41, 5.74) is 10.8. The number of furan rings is 1. The van der Waals surface area contributed by atoms with E-state index in [4.69, 9.17) is 9.40 Å². The van der Waals surface area contributed by atoms with Crippen molar-refractivity contribution in [3.05, 3.63) is 126 Å². The Hall–Kier alpha value is -4.31. The average molecular weight is 724 g/mol. The molecule has 1 aliphatic heterocycles. The second-order valence-corrected chi connectivity index (χ2v) is 10.8. The van der Waals surface area contributed by atoms with Crippen molar-refractivity contribution in [2.75, 3.05) is 0 Å². The van der Waals surface area contributed by atoms with Crippen LogP contribution < -0.4 is 0 Å². The molecule has 0 saturated carbocycles. The zero-order valence-electron chi connectivity index (χ0n) is 23.7. The number of benzene rings is 4. The van der Waals surface area contributed by atoms with Gasteiger partial charge in [-0.05, 0) is 42.3 Å². The number of imidazole rings is 1. The zero-order chi connectivity index (χ0) is 27.9. The molecule has 0 fully saturated rings. The number of hydrogen-bond donors (Lipinski definition) is 0. The third-order valence-corrected chi connectivity index (χ3v) is 7.60. The Morgan fingerprint density at radius 2 is 1.74 bits per heavy atom. The predicted octanol–water partition coefficient (Wildman–Crippen LogP) is 9.49. The molecule has 1 aliphatic rings. The third-order valence-electron chi connectivity index (χ3n) is 7.60. The van der Waals surface area contributed by atoms with Crippen molar-refractivity contribution in [2.24, 2.45) is 0 Å². The Morgan fingerprint density at radius 3 is 2.57 bits per heavy atom. The number of pyridine rings is 1. The largest absolute Gasteiger partial charge is 0.501 e. The SMILES string of the molecule is CC(C)c1ccnc(-c2[c-]ccc3c2oc2ccccc23)c1.CC1=Cc2cccc3nc(-c4[c-]cccc4)n(c23)C1.[Ir]. The molecule has 209 valence electrons. The normalized spacial score (nSPS) is 12.2. The van der Waals surface area contributed by atoms with Crippen LogP contribution in [0.3, 0.4) is 0 Å². The van der Waals surface area contributed by atoms with E-state index >= 15 is 0 Å². The van der Waals surface area contributed by atoms with Gasteiger partial charge in [-0.25, -0.2) is 0 Å². The second kappa shape index (κ2) is 11.5. The fourth-order valence-electron chi connectivity index (χ4n) is 5.61. The molecule has 7 aromatic rings. The van der Waals surface area contributed by atoms with Crippen LogP contribution in [0.5, 0.6) is 0 Å². The Bertz CT molecular complexity index is 2070. The summed E-state index contributed by atoms with van der Waals surface area (Å²) in [5.74, 6) is 1.48. The minimum absolute atomic E-state index is 0. The maximum absolute atomic E-state index is 6.07. The number of nitrogens with zero attached hydrogens (tertiary/aromatic N) is 3. The predicted molar refractivity (Wildman–Crippen MR) is 168 cm³/mol. The minimum Gasteiger partial charge on any atom is -0.501 e. The summed E-state index contributed by atoms with van der Waals surface area (Å²) >= 11 is 0. The fraction of sp³-hybridized carbons (Fsp3) is 0.135. The molecule has 0 atom stereocenters. The van der Waals surface area contributed by atoms with Crippen molar-refractivity contribution in [3.8, 4) is 22.6 Å². The summed E-state index contributed by atoms with van der Waals surface area (Å²) in [5, 5.41) is 2.24. The van der Waals surface area contributed by atoms with Gasteiger partial charge >= 0.3 is 0 Å². The Morgan fingerprint density at radius 1 is 0.881 bits per heavy atom. The van der Waals surface area contributed by atoms with E-state index < -0.39 is 0 Å². The smallest absolute Gasteiger partial charge is 0.120 e. The molecule has 4 nitrogen and oxygen atoms in total. The maximum atomic E-state index is 6.07. The molecule has 0 unspecified atom stereocenters. The van der Waals surface area contributed by atoms with E-state index in [-0.39, 0.29) is 20.1 Å². The minimum atomic E-state index is 0. The Labute approximate surface area is 259 Å². The molecule has 42 heavy (non-hydrogen) atoms. The van der Waals surface area contributed by atoms with E-state index in [9.17, 15) is 0 Å². The molecule has 0 spiro atoms. The molecule has 1 radical (unpaired) electrons. The Balaban J connectivity index is 0.000000148. The molecule has 0 aliphatic carbocycles. The van der Waals surface area contributed by atoms with Crippen molar-refractivity contribution in [1.29, 1.82) is 0 Å². The van der Waals surface area contributed by atoms with E-state index in [1.807, 2.05) is 48.7 Å². The van der Waals surface area contributed by atoms with E-state index in [0.29, 0.717) is 5.92 Å². The summed E-state index contributed by atoms with van der Waals surface area (Å²) in [6.07, 6.45) is 4.11. The molecule has 4 aromatic carbocycles. The first-order valence-corrected chi connectivity index (χ1v) is 14.0. The van der Waals surface area contributed by atoms with E-state index in [0.717, 1.165) is 56.6 Å². The number of para-hydroxylation sites is 2. The number of allylic oxidation sites excluding steroid dienone is 1. The Kier molecular flexibility index (Phi) is 7.64. The first-order chi connectivity index (χ1) is 20.1. The molecule has 0 bridgehead atoms. The molecular formula is C37H29IrN3O-2. The monoisotopic (exact) mass is 724 g/mol. The molecule has 0 N–H and O–H groups in total. The van der Waals surface area contributed by atoms with Crippen LogP contribution in [0.1, 0.15) is 37.8 Å². The van der Waals surface area contributed by atoms with Gasteiger partial charge in [0, 0.05) is 38.2 Å². The van der Waals surface area contributed by atoms with Crippen LogP contribution in [0.4, 0.5) is 0 Å². The van der Waals surface area contributed by atoms with Gasteiger partial charge in [-0.15, -0.1) is 54.1 Å². The van der Waals surface area contributed by atoms with Crippen LogP contribution in [0.2, 0.25) is 0 Å². The van der Waals surface area contributed by atoms with Crippen LogP contribution in [0, 0.1) is 12.1 Å². The summed E-state index contributed by atoms with van der Waals surface area (Å²) in [6.45, 7) is 7.45. The number of rotatable bonds is 3. The van der Waals surface area contributed by atoms with Crippen molar-refractivity contribution >= 4 is 39.0 Å². The molecule has 5 heteroatoms. The van der Waals surface area contributed by atoms with Gasteiger partial charge in [-0.1, -0.05) is 78.4 Å². The summed E-state index contributed by atoms with van der Waals surface area (Å²) in [4.78, 5) is 9.31. The van der Waals surface area contributed by atoms with Gasteiger partial charge in [0.1, 0.15) is 5.58 Å². The number of fused-ring (bicyclic) bond motifs is 3. The van der Waals surface area contributed by atoms with Gasteiger partial charge in [0.05, 0.1) is 22.4 Å². The van der Waals surface area contributed by atoms with Crippen molar-refractivity contribution in [1.82, 2.24) is 14.5 Å². The van der Waals surface area contributed by atoms with Gasteiger partial charge in [0.2, 0.25) is 0 Å². The first-order valence-electron chi connectivity index (χ1n) is 14.0. The van der Waals surface area contributed by atoms with Gasteiger partial charge in [0.25, 0.3) is 0 Å².